The lowest BCUT2D eigenvalue weighted by molar-refractivity contribution is -0.136. The van der Waals surface area contributed by atoms with Gasteiger partial charge in [-0.1, -0.05) is 27.7 Å². The molecule has 2 rings (SSSR count). The van der Waals surface area contributed by atoms with E-state index in [1.54, 1.807) is 13.8 Å². The van der Waals surface area contributed by atoms with E-state index >= 15 is 0 Å². The first-order chi connectivity index (χ1) is 9.32. The number of carbonyl (C=O) groups is 3. The van der Waals surface area contributed by atoms with Gasteiger partial charge in [0.05, 0.1) is 5.69 Å². The van der Waals surface area contributed by atoms with Crippen molar-refractivity contribution in [3.05, 3.63) is 11.1 Å². The SMILES string of the molecule is CC(C)c1csc(N2C(=O)NC(=O)C(C(C)C)C2=O)n1. The lowest BCUT2D eigenvalue weighted by Crippen LogP contribution is -2.59. The molecule has 1 aromatic heterocycles. The Hall–Kier alpha value is -1.76. The molecule has 1 atom stereocenters. The van der Waals surface area contributed by atoms with E-state index in [0.717, 1.165) is 10.6 Å². The first kappa shape index (κ1) is 14.6. The molecule has 0 aromatic carbocycles. The number of urea groups is 1. The summed E-state index contributed by atoms with van der Waals surface area (Å²) in [6, 6.07) is -0.721. The van der Waals surface area contributed by atoms with Crippen LogP contribution in [0.5, 0.6) is 0 Å². The summed E-state index contributed by atoms with van der Waals surface area (Å²) in [5.74, 6) is -1.85. The second-order valence-electron chi connectivity index (χ2n) is 5.40. The lowest BCUT2D eigenvalue weighted by Gasteiger charge is -2.30. The molecular formula is C13H17N3O3S. The predicted octanol–water partition coefficient (Wildman–Crippen LogP) is 2.12. The van der Waals surface area contributed by atoms with Crippen LogP contribution in [0.2, 0.25) is 0 Å². The van der Waals surface area contributed by atoms with Crippen LogP contribution < -0.4 is 10.2 Å². The van der Waals surface area contributed by atoms with Gasteiger partial charge in [-0.3, -0.25) is 14.9 Å². The number of carbonyl (C=O) groups excluding carboxylic acids is 3. The Morgan fingerprint density at radius 1 is 1.25 bits per heavy atom. The van der Waals surface area contributed by atoms with E-state index < -0.39 is 23.8 Å². The van der Waals surface area contributed by atoms with Crippen LogP contribution in [-0.4, -0.2) is 22.8 Å². The third-order valence-electron chi connectivity index (χ3n) is 3.16. The molecule has 0 aliphatic carbocycles. The van der Waals surface area contributed by atoms with Crippen LogP contribution in [0.3, 0.4) is 0 Å². The molecule has 0 spiro atoms. The van der Waals surface area contributed by atoms with Crippen LogP contribution in [0, 0.1) is 11.8 Å². The molecule has 108 valence electrons. The normalized spacial score (nSPS) is 20.0. The molecule has 4 amide bonds. The summed E-state index contributed by atoms with van der Waals surface area (Å²) in [6.07, 6.45) is 0. The Kier molecular flexibility index (Phi) is 3.89. The first-order valence-electron chi connectivity index (χ1n) is 6.47. The summed E-state index contributed by atoms with van der Waals surface area (Å²) in [6.45, 7) is 7.52. The van der Waals surface area contributed by atoms with E-state index in [0.29, 0.717) is 5.13 Å². The van der Waals surface area contributed by atoms with Crippen molar-refractivity contribution < 1.29 is 14.4 Å². The van der Waals surface area contributed by atoms with E-state index in [4.69, 9.17) is 0 Å². The quantitative estimate of drug-likeness (QED) is 0.866. The molecule has 2 heterocycles. The molecule has 1 aromatic rings. The standard InChI is InChI=1S/C13H17N3O3S/c1-6(2)8-5-20-13(14-8)16-11(18)9(7(3)4)10(17)15-12(16)19/h5-7,9H,1-4H3,(H,15,17,19). The number of nitrogens with one attached hydrogen (secondary N) is 1. The molecule has 0 bridgehead atoms. The molecule has 0 saturated carbocycles. The van der Waals surface area contributed by atoms with Gasteiger partial charge >= 0.3 is 6.03 Å². The van der Waals surface area contributed by atoms with Gasteiger partial charge in [-0.25, -0.2) is 14.7 Å². The van der Waals surface area contributed by atoms with Crippen LogP contribution in [0.1, 0.15) is 39.3 Å². The molecule has 1 aliphatic rings. The van der Waals surface area contributed by atoms with Crippen molar-refractivity contribution in [2.24, 2.45) is 11.8 Å². The fraction of sp³-hybridized carbons (Fsp3) is 0.538. The largest absolute Gasteiger partial charge is 0.337 e. The molecular weight excluding hydrogens is 278 g/mol. The maximum absolute atomic E-state index is 12.4. The average molecular weight is 295 g/mol. The van der Waals surface area contributed by atoms with Crippen molar-refractivity contribution in [3.63, 3.8) is 0 Å². The summed E-state index contributed by atoms with van der Waals surface area (Å²) < 4.78 is 0. The van der Waals surface area contributed by atoms with Crippen LogP contribution in [0.25, 0.3) is 0 Å². The van der Waals surface area contributed by atoms with E-state index in [1.165, 1.54) is 11.3 Å². The molecule has 7 heteroatoms. The van der Waals surface area contributed by atoms with E-state index in [1.807, 2.05) is 19.2 Å². The summed E-state index contributed by atoms with van der Waals surface area (Å²) in [4.78, 5) is 41.3. The van der Waals surface area contributed by atoms with Crippen LogP contribution in [0.15, 0.2) is 5.38 Å². The summed E-state index contributed by atoms with van der Waals surface area (Å²) in [5, 5.41) is 4.36. The Morgan fingerprint density at radius 2 is 1.90 bits per heavy atom. The third kappa shape index (κ3) is 2.45. The monoisotopic (exact) mass is 295 g/mol. The number of hydrogen-bond donors (Lipinski definition) is 1. The Labute approximate surface area is 121 Å². The van der Waals surface area contributed by atoms with Crippen molar-refractivity contribution in [3.8, 4) is 0 Å². The minimum absolute atomic E-state index is 0.178. The number of barbiturate groups is 1. The highest BCUT2D eigenvalue weighted by Gasteiger charge is 2.43. The number of anilines is 1. The number of amides is 4. The first-order valence-corrected chi connectivity index (χ1v) is 7.35. The smallest absolute Gasteiger partial charge is 0.277 e. The van der Waals surface area contributed by atoms with Crippen molar-refractivity contribution >= 4 is 34.3 Å². The summed E-state index contributed by atoms with van der Waals surface area (Å²) in [7, 11) is 0. The van der Waals surface area contributed by atoms with Gasteiger partial charge in [-0.2, -0.15) is 0 Å². The van der Waals surface area contributed by atoms with Crippen LogP contribution >= 0.6 is 11.3 Å². The van der Waals surface area contributed by atoms with E-state index in [-0.39, 0.29) is 11.8 Å². The third-order valence-corrected chi connectivity index (χ3v) is 4.01. The topological polar surface area (TPSA) is 79.4 Å². The number of rotatable bonds is 3. The number of hydrogen-bond acceptors (Lipinski definition) is 5. The molecule has 1 unspecified atom stereocenters. The van der Waals surface area contributed by atoms with Crippen molar-refractivity contribution in [2.75, 3.05) is 4.90 Å². The number of imide groups is 2. The number of aromatic nitrogens is 1. The average Bonchev–Trinajstić information content (AvgIpc) is 2.76. The van der Waals surface area contributed by atoms with Gasteiger partial charge in [-0.05, 0) is 11.8 Å². The molecule has 1 aliphatic heterocycles. The Morgan fingerprint density at radius 3 is 2.40 bits per heavy atom. The van der Waals surface area contributed by atoms with Gasteiger partial charge in [0.25, 0.3) is 0 Å². The second-order valence-corrected chi connectivity index (χ2v) is 6.24. The van der Waals surface area contributed by atoms with Crippen molar-refractivity contribution in [1.29, 1.82) is 0 Å². The van der Waals surface area contributed by atoms with Crippen LogP contribution in [0.4, 0.5) is 9.93 Å². The van der Waals surface area contributed by atoms with Crippen molar-refractivity contribution in [2.45, 2.75) is 33.6 Å². The summed E-state index contributed by atoms with van der Waals surface area (Å²) in [5.41, 5.74) is 0.823. The van der Waals surface area contributed by atoms with Gasteiger partial charge in [-0.15, -0.1) is 11.3 Å². The van der Waals surface area contributed by atoms with Gasteiger partial charge in [0.15, 0.2) is 0 Å². The van der Waals surface area contributed by atoms with E-state index in [2.05, 4.69) is 10.3 Å². The maximum Gasteiger partial charge on any atom is 0.337 e. The van der Waals surface area contributed by atoms with E-state index in [9.17, 15) is 14.4 Å². The van der Waals surface area contributed by atoms with Gasteiger partial charge in [0, 0.05) is 5.38 Å². The fourth-order valence-electron chi connectivity index (χ4n) is 2.00. The molecule has 1 N–H and O–H groups in total. The Bertz CT molecular complexity index is 565. The summed E-state index contributed by atoms with van der Waals surface area (Å²) >= 11 is 1.23. The minimum atomic E-state index is -0.848. The highest BCUT2D eigenvalue weighted by atomic mass is 32.1. The highest BCUT2D eigenvalue weighted by molar-refractivity contribution is 7.14. The number of thiazole rings is 1. The molecule has 20 heavy (non-hydrogen) atoms. The zero-order valence-corrected chi connectivity index (χ0v) is 12.7. The Balaban J connectivity index is 2.36. The molecule has 6 nitrogen and oxygen atoms in total. The van der Waals surface area contributed by atoms with Gasteiger partial charge < -0.3 is 0 Å². The fourth-order valence-corrected chi connectivity index (χ4v) is 2.99. The van der Waals surface area contributed by atoms with Crippen molar-refractivity contribution in [1.82, 2.24) is 10.3 Å². The lowest BCUT2D eigenvalue weighted by atomic mass is 9.92. The molecule has 1 saturated heterocycles. The zero-order chi connectivity index (χ0) is 15.0. The predicted molar refractivity (Wildman–Crippen MR) is 75.6 cm³/mol. The molecule has 0 radical (unpaired) electrons. The highest BCUT2D eigenvalue weighted by Crippen LogP contribution is 2.29. The van der Waals surface area contributed by atoms with Gasteiger partial charge in [0.1, 0.15) is 5.92 Å². The maximum atomic E-state index is 12.4. The van der Waals surface area contributed by atoms with Gasteiger partial charge in [0.2, 0.25) is 16.9 Å². The zero-order valence-electron chi connectivity index (χ0n) is 11.8. The minimum Gasteiger partial charge on any atom is -0.277 e. The second kappa shape index (κ2) is 5.32. The van der Waals surface area contributed by atoms with Crippen LogP contribution in [-0.2, 0) is 9.59 Å². The number of nitrogens with zero attached hydrogens (tertiary/aromatic N) is 2. The molecule has 1 fully saturated rings.